The van der Waals surface area contributed by atoms with Gasteiger partial charge in [-0.3, -0.25) is 0 Å². The van der Waals surface area contributed by atoms with Crippen LogP contribution in [-0.4, -0.2) is 25.8 Å². The summed E-state index contributed by atoms with van der Waals surface area (Å²) >= 11 is 3.45. The van der Waals surface area contributed by atoms with Gasteiger partial charge in [-0.25, -0.2) is 0 Å². The lowest BCUT2D eigenvalue weighted by Crippen LogP contribution is -2.18. The molecule has 0 aromatic heterocycles. The van der Waals surface area contributed by atoms with E-state index in [4.69, 9.17) is 4.74 Å². The van der Waals surface area contributed by atoms with Gasteiger partial charge in [-0.15, -0.1) is 0 Å². The molecule has 1 atom stereocenters. The molecule has 0 saturated heterocycles. The van der Waals surface area contributed by atoms with Crippen LogP contribution in [0.4, 0.5) is 0 Å². The molecule has 84 valence electrons. The Morgan fingerprint density at radius 2 is 2.20 bits per heavy atom. The Bertz CT molecular complexity index is 342. The number of rotatable bonds is 4. The van der Waals surface area contributed by atoms with E-state index in [2.05, 4.69) is 21.2 Å². The number of hydrogen-bond acceptors (Lipinski definition) is 3. The molecule has 2 N–H and O–H groups in total. The number of benzene rings is 1. The summed E-state index contributed by atoms with van der Waals surface area (Å²) in [5.74, 6) is 0.741. The lowest BCUT2D eigenvalue weighted by Gasteiger charge is -2.17. The van der Waals surface area contributed by atoms with Crippen molar-refractivity contribution in [3.8, 4) is 5.75 Å². The molecule has 0 fully saturated rings. The van der Waals surface area contributed by atoms with Crippen molar-refractivity contribution < 1.29 is 9.84 Å². The van der Waals surface area contributed by atoms with E-state index in [9.17, 15) is 5.11 Å². The Hall–Kier alpha value is -0.580. The first-order chi connectivity index (χ1) is 7.11. The molecule has 15 heavy (non-hydrogen) atoms. The molecule has 0 amide bonds. The van der Waals surface area contributed by atoms with Gasteiger partial charge in [0.15, 0.2) is 0 Å². The van der Waals surface area contributed by atoms with Crippen LogP contribution in [0.5, 0.6) is 5.75 Å². The minimum Gasteiger partial charge on any atom is -0.496 e. The van der Waals surface area contributed by atoms with Crippen LogP contribution < -0.4 is 10.1 Å². The minimum absolute atomic E-state index is 0.520. The van der Waals surface area contributed by atoms with Crippen LogP contribution in [0.1, 0.15) is 17.2 Å². The van der Waals surface area contributed by atoms with E-state index in [0.717, 1.165) is 21.3 Å². The fraction of sp³-hybridized carbons (Fsp3) is 0.455. The molecule has 1 aromatic rings. The second-order valence-electron chi connectivity index (χ2n) is 3.39. The van der Waals surface area contributed by atoms with Crippen molar-refractivity contribution in [2.75, 3.05) is 20.7 Å². The van der Waals surface area contributed by atoms with Crippen LogP contribution >= 0.6 is 15.9 Å². The molecule has 0 aliphatic rings. The van der Waals surface area contributed by atoms with E-state index in [1.54, 1.807) is 7.11 Å². The van der Waals surface area contributed by atoms with Crippen molar-refractivity contribution in [3.63, 3.8) is 0 Å². The number of aliphatic hydroxyl groups is 1. The van der Waals surface area contributed by atoms with Crippen molar-refractivity contribution in [2.24, 2.45) is 0 Å². The van der Waals surface area contributed by atoms with E-state index in [1.165, 1.54) is 0 Å². The van der Waals surface area contributed by atoms with Crippen LogP contribution in [0, 0.1) is 6.92 Å². The number of hydrogen-bond donors (Lipinski definition) is 2. The maximum atomic E-state index is 9.95. The Labute approximate surface area is 98.6 Å². The van der Waals surface area contributed by atoms with Gasteiger partial charge < -0.3 is 15.2 Å². The number of halogens is 1. The normalized spacial score (nSPS) is 12.6. The number of aryl methyl sites for hydroxylation is 1. The number of nitrogens with one attached hydrogen (secondary N) is 1. The topological polar surface area (TPSA) is 41.5 Å². The fourth-order valence-corrected chi connectivity index (χ4v) is 2.40. The maximum absolute atomic E-state index is 9.95. The van der Waals surface area contributed by atoms with Gasteiger partial charge in [0.1, 0.15) is 5.75 Å². The second-order valence-corrected chi connectivity index (χ2v) is 4.18. The average Bonchev–Trinajstić information content (AvgIpc) is 2.18. The van der Waals surface area contributed by atoms with Gasteiger partial charge in [0.25, 0.3) is 0 Å². The smallest absolute Gasteiger partial charge is 0.133 e. The third-order valence-electron chi connectivity index (χ3n) is 2.31. The summed E-state index contributed by atoms with van der Waals surface area (Å²) in [6.07, 6.45) is -0.528. The summed E-state index contributed by atoms with van der Waals surface area (Å²) in [7, 11) is 3.43. The monoisotopic (exact) mass is 273 g/mol. The maximum Gasteiger partial charge on any atom is 0.133 e. The molecule has 4 heteroatoms. The molecule has 0 spiro atoms. The molecule has 0 saturated carbocycles. The van der Waals surface area contributed by atoms with Crippen LogP contribution in [0.15, 0.2) is 16.6 Å². The number of ether oxygens (including phenoxy) is 1. The molecule has 1 unspecified atom stereocenters. The molecular formula is C11H16BrNO2. The highest BCUT2D eigenvalue weighted by atomic mass is 79.9. The number of aliphatic hydroxyl groups excluding tert-OH is 1. The van der Waals surface area contributed by atoms with Gasteiger partial charge >= 0.3 is 0 Å². The Kier molecular flexibility index (Phi) is 4.57. The molecule has 3 nitrogen and oxygen atoms in total. The van der Waals surface area contributed by atoms with E-state index in [0.29, 0.717) is 6.54 Å². The van der Waals surface area contributed by atoms with Crippen LogP contribution in [0.2, 0.25) is 0 Å². The molecule has 0 bridgehead atoms. The Morgan fingerprint density at radius 1 is 1.53 bits per heavy atom. The summed E-state index contributed by atoms with van der Waals surface area (Å²) in [6.45, 7) is 2.49. The Balaban J connectivity index is 3.14. The highest BCUT2D eigenvalue weighted by Gasteiger charge is 2.16. The number of methoxy groups -OCH3 is 1. The first kappa shape index (κ1) is 12.5. The summed E-state index contributed by atoms with van der Waals surface area (Å²) in [5, 5.41) is 12.9. The summed E-state index contributed by atoms with van der Waals surface area (Å²) < 4.78 is 6.02. The molecule has 0 radical (unpaired) electrons. The van der Waals surface area contributed by atoms with Gasteiger partial charge in [-0.1, -0.05) is 6.07 Å². The zero-order chi connectivity index (χ0) is 11.4. The lowest BCUT2D eigenvalue weighted by atomic mass is 10.0. The molecule has 0 aliphatic carbocycles. The molecule has 0 aliphatic heterocycles. The number of likely N-dealkylation sites (N-methyl/N-ethyl adjacent to an activating group) is 1. The predicted octanol–water partition coefficient (Wildman–Crippen LogP) is 2.02. The van der Waals surface area contributed by atoms with Gasteiger partial charge in [-0.05, 0) is 41.5 Å². The van der Waals surface area contributed by atoms with Gasteiger partial charge in [0.2, 0.25) is 0 Å². The predicted molar refractivity (Wildman–Crippen MR) is 64.3 cm³/mol. The second kappa shape index (κ2) is 5.49. The molecule has 1 aromatic carbocycles. The minimum atomic E-state index is -0.528. The average molecular weight is 274 g/mol. The van der Waals surface area contributed by atoms with Gasteiger partial charge in [0.05, 0.1) is 17.7 Å². The Morgan fingerprint density at radius 3 is 2.73 bits per heavy atom. The van der Waals surface area contributed by atoms with Crippen LogP contribution in [-0.2, 0) is 0 Å². The van der Waals surface area contributed by atoms with Crippen LogP contribution in [0.25, 0.3) is 0 Å². The van der Waals surface area contributed by atoms with E-state index < -0.39 is 6.10 Å². The van der Waals surface area contributed by atoms with Gasteiger partial charge in [0, 0.05) is 12.1 Å². The molecular weight excluding hydrogens is 258 g/mol. The van der Waals surface area contributed by atoms with E-state index in [-0.39, 0.29) is 0 Å². The highest BCUT2D eigenvalue weighted by molar-refractivity contribution is 9.10. The first-order valence-corrected chi connectivity index (χ1v) is 5.56. The largest absolute Gasteiger partial charge is 0.496 e. The van der Waals surface area contributed by atoms with E-state index in [1.807, 2.05) is 26.1 Å². The van der Waals surface area contributed by atoms with Crippen molar-refractivity contribution in [2.45, 2.75) is 13.0 Å². The van der Waals surface area contributed by atoms with Gasteiger partial charge in [-0.2, -0.15) is 0 Å². The van der Waals surface area contributed by atoms with Crippen molar-refractivity contribution in [1.29, 1.82) is 0 Å². The van der Waals surface area contributed by atoms with E-state index >= 15 is 0 Å². The summed E-state index contributed by atoms with van der Waals surface area (Å²) in [6, 6.07) is 3.83. The fourth-order valence-electron chi connectivity index (χ4n) is 1.53. The molecule has 0 heterocycles. The van der Waals surface area contributed by atoms with Crippen LogP contribution in [0.3, 0.4) is 0 Å². The quantitative estimate of drug-likeness (QED) is 0.882. The molecule has 1 rings (SSSR count). The van der Waals surface area contributed by atoms with Crippen molar-refractivity contribution in [1.82, 2.24) is 5.32 Å². The zero-order valence-electron chi connectivity index (χ0n) is 9.17. The highest BCUT2D eigenvalue weighted by Crippen LogP contribution is 2.34. The van der Waals surface area contributed by atoms with Crippen molar-refractivity contribution in [3.05, 3.63) is 27.7 Å². The third kappa shape index (κ3) is 2.71. The third-order valence-corrected chi connectivity index (χ3v) is 3.13. The zero-order valence-corrected chi connectivity index (χ0v) is 10.8. The summed E-state index contributed by atoms with van der Waals surface area (Å²) in [4.78, 5) is 0. The summed E-state index contributed by atoms with van der Waals surface area (Å²) in [5.41, 5.74) is 1.93. The standard InChI is InChI=1S/C11H16BrNO2/c1-7-4-5-9(15-3)11(12)10(7)8(14)6-13-2/h4-5,8,13-14H,6H2,1-3H3. The van der Waals surface area contributed by atoms with Crippen molar-refractivity contribution >= 4 is 15.9 Å². The lowest BCUT2D eigenvalue weighted by molar-refractivity contribution is 0.176. The first-order valence-electron chi connectivity index (χ1n) is 4.77. The SMILES string of the molecule is CNCC(O)c1c(C)ccc(OC)c1Br.